The van der Waals surface area contributed by atoms with Crippen LogP contribution in [-0.4, -0.2) is 82.1 Å². The SMILES string of the molecule is CC(=O)OC(C)(C)C.CC=O.COC(C)(C)/C=C/C(=O)C(O)C1CCC2C3CC=C4[C@@H](CC(=O)[C@@H](O)C4(C)C)C3(CO)C(=O)CC12C. The Kier molecular flexibility index (Phi) is 12.9. The molecule has 0 aliphatic heterocycles. The van der Waals surface area contributed by atoms with E-state index in [9.17, 15) is 34.5 Å². The molecular formula is C37H58O10. The van der Waals surface area contributed by atoms with Gasteiger partial charge in [-0.05, 0) is 96.1 Å². The molecule has 4 rings (SSSR count). The van der Waals surface area contributed by atoms with Crippen molar-refractivity contribution >= 4 is 29.6 Å². The molecule has 3 saturated carbocycles. The Morgan fingerprint density at radius 3 is 2.13 bits per heavy atom. The van der Waals surface area contributed by atoms with Gasteiger partial charge in [0.15, 0.2) is 11.6 Å². The molecule has 6 unspecified atom stereocenters. The first-order chi connectivity index (χ1) is 21.5. The fourth-order valence-electron chi connectivity index (χ4n) is 8.58. The van der Waals surface area contributed by atoms with Gasteiger partial charge in [-0.15, -0.1) is 0 Å². The second-order valence-corrected chi connectivity index (χ2v) is 15.9. The van der Waals surface area contributed by atoms with Crippen LogP contribution in [0.3, 0.4) is 0 Å². The number of ether oxygens (including phenoxy) is 2. The van der Waals surface area contributed by atoms with Gasteiger partial charge in [-0.2, -0.15) is 0 Å². The van der Waals surface area contributed by atoms with Crippen LogP contribution >= 0.6 is 0 Å². The van der Waals surface area contributed by atoms with Crippen molar-refractivity contribution in [3.63, 3.8) is 0 Å². The molecular weight excluding hydrogens is 604 g/mol. The van der Waals surface area contributed by atoms with Gasteiger partial charge in [0.1, 0.15) is 29.9 Å². The van der Waals surface area contributed by atoms with E-state index in [-0.39, 0.29) is 60.3 Å². The molecule has 10 heteroatoms. The summed E-state index contributed by atoms with van der Waals surface area (Å²) < 4.78 is 10.1. The van der Waals surface area contributed by atoms with Gasteiger partial charge in [0.05, 0.1) is 17.6 Å². The van der Waals surface area contributed by atoms with Crippen molar-refractivity contribution < 1.29 is 48.8 Å². The minimum absolute atomic E-state index is 0.0251. The van der Waals surface area contributed by atoms with Crippen molar-refractivity contribution in [2.45, 2.75) is 125 Å². The lowest BCUT2D eigenvalue weighted by atomic mass is 9.42. The highest BCUT2D eigenvalue weighted by molar-refractivity contribution is 5.95. The summed E-state index contributed by atoms with van der Waals surface area (Å²) in [6.45, 7) is 17.4. The molecule has 8 atom stereocenters. The lowest BCUT2D eigenvalue weighted by molar-refractivity contribution is -0.169. The molecule has 0 aromatic rings. The van der Waals surface area contributed by atoms with Crippen LogP contribution in [0.15, 0.2) is 23.8 Å². The minimum Gasteiger partial charge on any atom is -0.460 e. The number of aldehydes is 1. The number of esters is 1. The number of aliphatic hydroxyl groups is 3. The molecule has 10 nitrogen and oxygen atoms in total. The molecule has 0 aromatic carbocycles. The van der Waals surface area contributed by atoms with E-state index >= 15 is 0 Å². The van der Waals surface area contributed by atoms with Gasteiger partial charge < -0.3 is 29.6 Å². The second kappa shape index (κ2) is 14.9. The molecule has 0 bridgehead atoms. The zero-order chi connectivity index (χ0) is 36.3. The Morgan fingerprint density at radius 2 is 1.66 bits per heavy atom. The highest BCUT2D eigenvalue weighted by Crippen LogP contribution is 2.68. The number of fused-ring (bicyclic) bond motifs is 5. The van der Waals surface area contributed by atoms with Crippen molar-refractivity contribution in [2.75, 3.05) is 13.7 Å². The van der Waals surface area contributed by atoms with Crippen LogP contribution in [0.1, 0.15) is 101 Å². The molecule has 3 fully saturated rings. The summed E-state index contributed by atoms with van der Waals surface area (Å²) in [5.41, 5.74) is -2.52. The zero-order valence-electron chi connectivity index (χ0n) is 30.2. The number of hydrogen-bond donors (Lipinski definition) is 3. The molecule has 0 aromatic heterocycles. The molecule has 0 amide bonds. The maximum atomic E-state index is 14.1. The smallest absolute Gasteiger partial charge is 0.303 e. The molecule has 0 spiro atoms. The van der Waals surface area contributed by atoms with Crippen LogP contribution in [0.25, 0.3) is 0 Å². The van der Waals surface area contributed by atoms with Gasteiger partial charge in [0.2, 0.25) is 0 Å². The predicted molar refractivity (Wildman–Crippen MR) is 177 cm³/mol. The van der Waals surface area contributed by atoms with Gasteiger partial charge in [-0.3, -0.25) is 19.2 Å². The Hall–Kier alpha value is -2.53. The van der Waals surface area contributed by atoms with Gasteiger partial charge in [-0.25, -0.2) is 0 Å². The minimum atomic E-state index is -1.22. The third-order valence-corrected chi connectivity index (χ3v) is 11.0. The number of carbonyl (C=O) groups excluding carboxylic acids is 5. The maximum absolute atomic E-state index is 14.1. The molecule has 47 heavy (non-hydrogen) atoms. The van der Waals surface area contributed by atoms with Crippen molar-refractivity contribution in [1.82, 2.24) is 0 Å². The van der Waals surface area contributed by atoms with Crippen molar-refractivity contribution in [1.29, 1.82) is 0 Å². The lowest BCUT2D eigenvalue weighted by Gasteiger charge is -2.60. The molecule has 266 valence electrons. The number of rotatable bonds is 6. The van der Waals surface area contributed by atoms with Crippen LogP contribution in [0.4, 0.5) is 0 Å². The van der Waals surface area contributed by atoms with E-state index in [1.807, 2.05) is 55.4 Å². The normalized spacial score (nSPS) is 33.5. The first-order valence-electron chi connectivity index (χ1n) is 16.6. The number of carbonyl (C=O) groups is 5. The van der Waals surface area contributed by atoms with Crippen molar-refractivity contribution in [3.05, 3.63) is 23.8 Å². The van der Waals surface area contributed by atoms with E-state index < -0.39 is 45.8 Å². The monoisotopic (exact) mass is 662 g/mol. The third-order valence-electron chi connectivity index (χ3n) is 11.0. The largest absolute Gasteiger partial charge is 0.460 e. The molecule has 0 radical (unpaired) electrons. The summed E-state index contributed by atoms with van der Waals surface area (Å²) in [6, 6.07) is 0. The lowest BCUT2D eigenvalue weighted by Crippen LogP contribution is -2.63. The highest BCUT2D eigenvalue weighted by Gasteiger charge is 2.68. The van der Waals surface area contributed by atoms with Gasteiger partial charge >= 0.3 is 5.97 Å². The van der Waals surface area contributed by atoms with Crippen molar-refractivity contribution in [2.24, 2.45) is 39.9 Å². The predicted octanol–water partition coefficient (Wildman–Crippen LogP) is 4.36. The molecule has 3 N–H and O–H groups in total. The Labute approximate surface area is 280 Å². The van der Waals surface area contributed by atoms with Gasteiger partial charge in [0.25, 0.3) is 0 Å². The summed E-state index contributed by atoms with van der Waals surface area (Å²) in [7, 11) is 1.56. The molecule has 4 aliphatic carbocycles. The average Bonchev–Trinajstić information content (AvgIpc) is 3.29. The summed E-state index contributed by atoms with van der Waals surface area (Å²) in [5.74, 6) is -1.96. The number of allylic oxidation sites excluding steroid dienone is 1. The van der Waals surface area contributed by atoms with E-state index in [4.69, 9.17) is 14.3 Å². The number of aliphatic hydroxyl groups excluding tert-OH is 3. The van der Waals surface area contributed by atoms with Crippen LogP contribution in [0, 0.1) is 39.9 Å². The Morgan fingerprint density at radius 1 is 1.09 bits per heavy atom. The first-order valence-corrected chi connectivity index (χ1v) is 16.6. The second-order valence-electron chi connectivity index (χ2n) is 15.9. The van der Waals surface area contributed by atoms with Crippen LogP contribution in [-0.2, 0) is 33.4 Å². The van der Waals surface area contributed by atoms with Gasteiger partial charge in [0, 0.05) is 38.2 Å². The zero-order valence-corrected chi connectivity index (χ0v) is 30.2. The average molecular weight is 663 g/mol. The standard InChI is InChI=1S/C29H42O7.C6H12O2.C2H4O/c1-26(2,36-6)12-11-21(31)24(34)19-10-8-17-18-9-7-16-20(13-22(32)25(35)27(16,3)4)29(18,15-30)23(33)14-28(17,19)5;1-5(7)8-6(2,3)4;1-2-3/h7,11-12,17-20,24-25,30,34-35H,8-10,13-15H2,1-6H3;1-4H3;2H,1H3/b12-11+;;/t17?,18?,19?,20-,24?,25-,28?,29?;;/m1../s1. The Balaban J connectivity index is 0.000000603. The summed E-state index contributed by atoms with van der Waals surface area (Å²) in [6.07, 6.45) is 5.64. The van der Waals surface area contributed by atoms with E-state index in [2.05, 4.69) is 6.08 Å². The summed E-state index contributed by atoms with van der Waals surface area (Å²) >= 11 is 0. The number of ketones is 3. The maximum Gasteiger partial charge on any atom is 0.303 e. The molecule has 0 saturated heterocycles. The number of methoxy groups -OCH3 is 1. The fourth-order valence-corrected chi connectivity index (χ4v) is 8.58. The number of hydrogen-bond acceptors (Lipinski definition) is 10. The van der Waals surface area contributed by atoms with Gasteiger partial charge in [-0.1, -0.05) is 32.4 Å². The third kappa shape index (κ3) is 8.20. The first kappa shape index (κ1) is 40.6. The van der Waals surface area contributed by atoms with E-state index in [0.29, 0.717) is 12.8 Å². The summed E-state index contributed by atoms with van der Waals surface area (Å²) in [4.78, 5) is 58.8. The highest BCUT2D eigenvalue weighted by atomic mass is 16.6. The molecule has 0 heterocycles. The van der Waals surface area contributed by atoms with E-state index in [0.717, 1.165) is 18.3 Å². The Bertz CT molecular complexity index is 1250. The fraction of sp³-hybridized carbons (Fsp3) is 0.757. The van der Waals surface area contributed by atoms with Crippen LogP contribution in [0.2, 0.25) is 0 Å². The summed E-state index contributed by atoms with van der Waals surface area (Å²) in [5, 5.41) is 32.5. The van der Waals surface area contributed by atoms with Crippen LogP contribution < -0.4 is 0 Å². The van der Waals surface area contributed by atoms with Crippen molar-refractivity contribution in [3.8, 4) is 0 Å². The van der Waals surface area contributed by atoms with E-state index in [1.165, 1.54) is 19.9 Å². The topological polar surface area (TPSA) is 165 Å². The number of Topliss-reactive ketones (excluding diaryl/α,β-unsaturated/α-hetero) is 2. The molecule has 4 aliphatic rings. The quantitative estimate of drug-likeness (QED) is 0.161. The van der Waals surface area contributed by atoms with Crippen LogP contribution in [0.5, 0.6) is 0 Å². The van der Waals surface area contributed by atoms with E-state index in [1.54, 1.807) is 13.2 Å².